The molecule has 10 heavy (non-hydrogen) atoms. The van der Waals surface area contributed by atoms with Gasteiger partial charge in [-0.05, 0) is 6.07 Å². The predicted molar refractivity (Wildman–Crippen MR) is 37.6 cm³/mol. The summed E-state index contributed by atoms with van der Waals surface area (Å²) >= 11 is 0. The summed E-state index contributed by atoms with van der Waals surface area (Å²) in [5, 5.41) is 2.57. The van der Waals surface area contributed by atoms with Gasteiger partial charge in [-0.1, -0.05) is 6.92 Å². The zero-order valence-electron chi connectivity index (χ0n) is 5.76. The van der Waals surface area contributed by atoms with Gasteiger partial charge in [0.05, 0.1) is 6.26 Å². The Balaban J connectivity index is 2.48. The molecule has 0 aliphatic carbocycles. The van der Waals surface area contributed by atoms with E-state index in [1.54, 1.807) is 19.1 Å². The van der Waals surface area contributed by atoms with Crippen LogP contribution in [0, 0.1) is 0 Å². The van der Waals surface area contributed by atoms with Crippen LogP contribution in [-0.4, -0.2) is 5.91 Å². The second-order valence-corrected chi connectivity index (χ2v) is 1.88. The van der Waals surface area contributed by atoms with Crippen LogP contribution in [-0.2, 0) is 4.79 Å². The molecule has 0 aromatic carbocycles. The van der Waals surface area contributed by atoms with Crippen LogP contribution < -0.4 is 5.32 Å². The lowest BCUT2D eigenvalue weighted by Crippen LogP contribution is -2.08. The number of amides is 1. The highest BCUT2D eigenvalue weighted by Gasteiger charge is 1.98. The molecule has 3 nitrogen and oxygen atoms in total. The van der Waals surface area contributed by atoms with E-state index in [1.165, 1.54) is 6.26 Å². The maximum absolute atomic E-state index is 10.7. The molecule has 3 heteroatoms. The Kier molecular flexibility index (Phi) is 2.10. The summed E-state index contributed by atoms with van der Waals surface area (Å²) in [4.78, 5) is 10.7. The molecule has 54 valence electrons. The van der Waals surface area contributed by atoms with Crippen LogP contribution in [0.4, 0.5) is 5.88 Å². The minimum absolute atomic E-state index is 0.0325. The van der Waals surface area contributed by atoms with E-state index < -0.39 is 0 Å². The Morgan fingerprint density at radius 3 is 3.10 bits per heavy atom. The Labute approximate surface area is 59.0 Å². The van der Waals surface area contributed by atoms with E-state index in [4.69, 9.17) is 4.42 Å². The van der Waals surface area contributed by atoms with E-state index in [9.17, 15) is 4.79 Å². The van der Waals surface area contributed by atoms with Gasteiger partial charge in [-0.3, -0.25) is 10.1 Å². The summed E-state index contributed by atoms with van der Waals surface area (Å²) in [6.45, 7) is 1.79. The molecule has 1 heterocycles. The molecule has 1 rings (SSSR count). The van der Waals surface area contributed by atoms with E-state index in [2.05, 4.69) is 5.32 Å². The SMILES string of the molecule is CCC(=O)Nc1ccco1. The van der Waals surface area contributed by atoms with Crippen molar-refractivity contribution in [3.8, 4) is 0 Å². The lowest BCUT2D eigenvalue weighted by Gasteiger charge is -1.95. The minimum atomic E-state index is -0.0325. The number of anilines is 1. The van der Waals surface area contributed by atoms with Gasteiger partial charge in [0, 0.05) is 12.5 Å². The first-order valence-corrected chi connectivity index (χ1v) is 3.16. The maximum Gasteiger partial charge on any atom is 0.226 e. The molecule has 1 aromatic heterocycles. The third-order valence-electron chi connectivity index (χ3n) is 1.10. The highest BCUT2D eigenvalue weighted by Crippen LogP contribution is 2.06. The number of hydrogen-bond donors (Lipinski definition) is 1. The van der Waals surface area contributed by atoms with Gasteiger partial charge in [-0.2, -0.15) is 0 Å². The van der Waals surface area contributed by atoms with Gasteiger partial charge in [-0.15, -0.1) is 0 Å². The minimum Gasteiger partial charge on any atom is -0.449 e. The largest absolute Gasteiger partial charge is 0.449 e. The first-order chi connectivity index (χ1) is 4.83. The molecule has 0 radical (unpaired) electrons. The summed E-state index contributed by atoms with van der Waals surface area (Å²) < 4.78 is 4.87. The molecule has 0 atom stereocenters. The van der Waals surface area contributed by atoms with E-state index in [-0.39, 0.29) is 5.91 Å². The van der Waals surface area contributed by atoms with Crippen molar-refractivity contribution in [2.45, 2.75) is 13.3 Å². The van der Waals surface area contributed by atoms with Crippen LogP contribution >= 0.6 is 0 Å². The van der Waals surface area contributed by atoms with Crippen molar-refractivity contribution in [1.29, 1.82) is 0 Å². The average Bonchev–Trinajstić information content (AvgIpc) is 2.40. The zero-order valence-corrected chi connectivity index (χ0v) is 5.76. The molecule has 0 unspecified atom stereocenters. The Bertz CT molecular complexity index is 203. The van der Waals surface area contributed by atoms with Crippen LogP contribution in [0.1, 0.15) is 13.3 Å². The Morgan fingerprint density at radius 1 is 1.80 bits per heavy atom. The molecule has 0 bridgehead atoms. The van der Waals surface area contributed by atoms with E-state index in [0.29, 0.717) is 12.3 Å². The smallest absolute Gasteiger partial charge is 0.226 e. The first-order valence-electron chi connectivity index (χ1n) is 3.16. The highest BCUT2D eigenvalue weighted by atomic mass is 16.3. The van der Waals surface area contributed by atoms with Crippen molar-refractivity contribution in [2.75, 3.05) is 5.32 Å². The van der Waals surface area contributed by atoms with E-state index in [0.717, 1.165) is 0 Å². The molecule has 1 aromatic rings. The Hall–Kier alpha value is -1.25. The molecule has 1 amide bonds. The quantitative estimate of drug-likeness (QED) is 0.676. The Morgan fingerprint density at radius 2 is 2.60 bits per heavy atom. The average molecular weight is 139 g/mol. The third-order valence-corrected chi connectivity index (χ3v) is 1.10. The van der Waals surface area contributed by atoms with Gasteiger partial charge >= 0.3 is 0 Å². The van der Waals surface area contributed by atoms with Crippen molar-refractivity contribution in [3.63, 3.8) is 0 Å². The molecule has 0 saturated heterocycles. The second-order valence-electron chi connectivity index (χ2n) is 1.88. The van der Waals surface area contributed by atoms with Crippen molar-refractivity contribution in [3.05, 3.63) is 18.4 Å². The molecule has 0 aliphatic rings. The van der Waals surface area contributed by atoms with Gasteiger partial charge < -0.3 is 4.42 Å². The first kappa shape index (κ1) is 6.86. The number of carbonyl (C=O) groups excluding carboxylic acids is 1. The van der Waals surface area contributed by atoms with Crippen LogP contribution in [0.3, 0.4) is 0 Å². The number of carbonyl (C=O) groups is 1. The molecule has 0 fully saturated rings. The summed E-state index contributed by atoms with van der Waals surface area (Å²) in [5.41, 5.74) is 0. The fraction of sp³-hybridized carbons (Fsp3) is 0.286. The van der Waals surface area contributed by atoms with E-state index in [1.807, 2.05) is 0 Å². The standard InChI is InChI=1S/C7H9NO2/c1-2-6(9)8-7-4-3-5-10-7/h3-5H,2H2,1H3,(H,8,9). The molecular formula is C7H9NO2. The van der Waals surface area contributed by atoms with Gasteiger partial charge in [0.2, 0.25) is 5.91 Å². The van der Waals surface area contributed by atoms with Crippen molar-refractivity contribution in [2.24, 2.45) is 0 Å². The van der Waals surface area contributed by atoms with Gasteiger partial charge in [0.1, 0.15) is 0 Å². The molecule has 0 saturated carbocycles. The van der Waals surface area contributed by atoms with Crippen LogP contribution in [0.5, 0.6) is 0 Å². The number of furan rings is 1. The number of nitrogens with one attached hydrogen (secondary N) is 1. The fourth-order valence-corrected chi connectivity index (χ4v) is 0.575. The summed E-state index contributed by atoms with van der Waals surface area (Å²) in [7, 11) is 0. The van der Waals surface area contributed by atoms with Gasteiger partial charge in [0.25, 0.3) is 0 Å². The normalized spacial score (nSPS) is 9.30. The number of hydrogen-bond acceptors (Lipinski definition) is 2. The molecular weight excluding hydrogens is 130 g/mol. The molecule has 0 aliphatic heterocycles. The molecule has 1 N–H and O–H groups in total. The monoisotopic (exact) mass is 139 g/mol. The second kappa shape index (κ2) is 3.06. The van der Waals surface area contributed by atoms with Crippen LogP contribution in [0.15, 0.2) is 22.8 Å². The lowest BCUT2D eigenvalue weighted by molar-refractivity contribution is -0.116. The van der Waals surface area contributed by atoms with Crippen molar-refractivity contribution < 1.29 is 9.21 Å². The van der Waals surface area contributed by atoms with Gasteiger partial charge in [0.15, 0.2) is 5.88 Å². The summed E-state index contributed by atoms with van der Waals surface area (Å²) in [5.74, 6) is 0.474. The van der Waals surface area contributed by atoms with Crippen LogP contribution in [0.2, 0.25) is 0 Å². The lowest BCUT2D eigenvalue weighted by atomic mass is 10.4. The molecule has 0 spiro atoms. The van der Waals surface area contributed by atoms with E-state index >= 15 is 0 Å². The summed E-state index contributed by atoms with van der Waals surface area (Å²) in [6.07, 6.45) is 1.99. The zero-order chi connectivity index (χ0) is 7.40. The topological polar surface area (TPSA) is 42.2 Å². The predicted octanol–water partition coefficient (Wildman–Crippen LogP) is 1.63. The maximum atomic E-state index is 10.7. The fourth-order valence-electron chi connectivity index (χ4n) is 0.575. The summed E-state index contributed by atoms with van der Waals surface area (Å²) in [6, 6.07) is 3.43. The van der Waals surface area contributed by atoms with Crippen molar-refractivity contribution in [1.82, 2.24) is 0 Å². The van der Waals surface area contributed by atoms with Crippen LogP contribution in [0.25, 0.3) is 0 Å². The highest BCUT2D eigenvalue weighted by molar-refractivity contribution is 5.88. The number of rotatable bonds is 2. The van der Waals surface area contributed by atoms with Crippen molar-refractivity contribution >= 4 is 11.8 Å². The van der Waals surface area contributed by atoms with Gasteiger partial charge in [-0.25, -0.2) is 0 Å². The third kappa shape index (κ3) is 1.62.